The van der Waals surface area contributed by atoms with E-state index < -0.39 is 5.60 Å². The fraction of sp³-hybridized carbons (Fsp3) is 0.529. The molecule has 0 radical (unpaired) electrons. The zero-order valence-corrected chi connectivity index (χ0v) is 11.6. The highest BCUT2D eigenvalue weighted by Crippen LogP contribution is 2.34. The molecule has 0 amide bonds. The summed E-state index contributed by atoms with van der Waals surface area (Å²) in [7, 11) is 0. The van der Waals surface area contributed by atoms with Crippen LogP contribution in [0.3, 0.4) is 0 Å². The second-order valence-electron chi connectivity index (χ2n) is 5.45. The molecular formula is C17H24O. The van der Waals surface area contributed by atoms with Gasteiger partial charge in [0.2, 0.25) is 0 Å². The van der Waals surface area contributed by atoms with E-state index in [0.29, 0.717) is 0 Å². The van der Waals surface area contributed by atoms with Crippen molar-refractivity contribution in [2.75, 3.05) is 0 Å². The standard InChI is InChI=1S/C17H24O/c1-3-14-10-12-16(13-11-14)17(2,18)15-8-6-4-5-7-9-15/h8,10-13,18H,3-7,9H2,1-2H3. The Bertz CT molecular complexity index is 412. The average Bonchev–Trinajstić information content (AvgIpc) is 2.68. The van der Waals surface area contributed by atoms with Crippen molar-refractivity contribution in [2.45, 2.75) is 58.0 Å². The number of allylic oxidation sites excluding steroid dienone is 1. The van der Waals surface area contributed by atoms with E-state index in [1.165, 1.54) is 30.4 Å². The molecule has 1 aliphatic carbocycles. The summed E-state index contributed by atoms with van der Waals surface area (Å²) in [5, 5.41) is 10.8. The molecule has 0 fully saturated rings. The number of hydrogen-bond acceptors (Lipinski definition) is 1. The first-order chi connectivity index (χ1) is 8.64. The Morgan fingerprint density at radius 1 is 1.11 bits per heavy atom. The average molecular weight is 244 g/mol. The summed E-state index contributed by atoms with van der Waals surface area (Å²) in [6.45, 7) is 4.09. The van der Waals surface area contributed by atoms with Crippen LogP contribution >= 0.6 is 0 Å². The van der Waals surface area contributed by atoms with E-state index in [1.807, 2.05) is 6.92 Å². The van der Waals surface area contributed by atoms with Gasteiger partial charge in [0.25, 0.3) is 0 Å². The second kappa shape index (κ2) is 5.71. The van der Waals surface area contributed by atoms with Crippen molar-refractivity contribution in [2.24, 2.45) is 0 Å². The lowest BCUT2D eigenvalue weighted by atomic mass is 9.85. The van der Waals surface area contributed by atoms with Crippen LogP contribution in [0.4, 0.5) is 0 Å². The molecule has 1 nitrogen and oxygen atoms in total. The Morgan fingerprint density at radius 3 is 2.50 bits per heavy atom. The van der Waals surface area contributed by atoms with E-state index in [0.717, 1.165) is 24.8 Å². The summed E-state index contributed by atoms with van der Waals surface area (Å²) in [6.07, 6.45) is 9.18. The minimum absolute atomic E-state index is 0.795. The fourth-order valence-corrected chi connectivity index (χ4v) is 2.71. The van der Waals surface area contributed by atoms with Gasteiger partial charge in [0, 0.05) is 0 Å². The van der Waals surface area contributed by atoms with Gasteiger partial charge in [0.05, 0.1) is 0 Å². The van der Waals surface area contributed by atoms with Crippen molar-refractivity contribution in [1.29, 1.82) is 0 Å². The normalized spacial score (nSPS) is 19.8. The molecule has 0 saturated carbocycles. The molecule has 18 heavy (non-hydrogen) atoms. The Labute approximate surface area is 111 Å². The zero-order chi connectivity index (χ0) is 13.0. The third-order valence-electron chi connectivity index (χ3n) is 4.09. The lowest BCUT2D eigenvalue weighted by Gasteiger charge is -2.27. The molecule has 0 aromatic heterocycles. The van der Waals surface area contributed by atoms with Gasteiger partial charge in [-0.15, -0.1) is 0 Å². The molecule has 0 aliphatic heterocycles. The lowest BCUT2D eigenvalue weighted by molar-refractivity contribution is 0.0931. The second-order valence-corrected chi connectivity index (χ2v) is 5.45. The zero-order valence-electron chi connectivity index (χ0n) is 11.6. The van der Waals surface area contributed by atoms with E-state index in [4.69, 9.17) is 0 Å². The van der Waals surface area contributed by atoms with Crippen LogP contribution in [-0.2, 0) is 12.0 Å². The van der Waals surface area contributed by atoms with Gasteiger partial charge >= 0.3 is 0 Å². The van der Waals surface area contributed by atoms with Crippen molar-refractivity contribution >= 4 is 0 Å². The van der Waals surface area contributed by atoms with Crippen LogP contribution in [0.1, 0.15) is 57.1 Å². The van der Waals surface area contributed by atoms with E-state index in [2.05, 4.69) is 37.3 Å². The third-order valence-corrected chi connectivity index (χ3v) is 4.09. The maximum Gasteiger partial charge on any atom is 0.108 e. The Balaban J connectivity index is 2.25. The number of hydrogen-bond donors (Lipinski definition) is 1. The quantitative estimate of drug-likeness (QED) is 0.784. The summed E-state index contributed by atoms with van der Waals surface area (Å²) in [5.41, 5.74) is 2.75. The smallest absolute Gasteiger partial charge is 0.108 e. The summed E-state index contributed by atoms with van der Waals surface area (Å²) < 4.78 is 0. The van der Waals surface area contributed by atoms with Crippen molar-refractivity contribution in [3.63, 3.8) is 0 Å². The van der Waals surface area contributed by atoms with Crippen molar-refractivity contribution in [1.82, 2.24) is 0 Å². The molecular weight excluding hydrogens is 220 g/mol. The van der Waals surface area contributed by atoms with Crippen LogP contribution in [0, 0.1) is 0 Å². The molecule has 1 aliphatic rings. The molecule has 0 saturated heterocycles. The Kier molecular flexibility index (Phi) is 4.23. The predicted octanol–water partition coefficient (Wildman–Crippen LogP) is 4.35. The first kappa shape index (κ1) is 13.4. The topological polar surface area (TPSA) is 20.2 Å². The van der Waals surface area contributed by atoms with Crippen LogP contribution in [0.2, 0.25) is 0 Å². The van der Waals surface area contributed by atoms with Crippen LogP contribution in [-0.4, -0.2) is 5.11 Å². The minimum Gasteiger partial charge on any atom is -0.381 e. The van der Waals surface area contributed by atoms with Crippen LogP contribution < -0.4 is 0 Å². The molecule has 0 bridgehead atoms. The number of rotatable bonds is 3. The molecule has 0 spiro atoms. The minimum atomic E-state index is -0.795. The first-order valence-corrected chi connectivity index (χ1v) is 7.16. The van der Waals surface area contributed by atoms with Gasteiger partial charge < -0.3 is 5.11 Å². The van der Waals surface area contributed by atoms with Crippen LogP contribution in [0.15, 0.2) is 35.9 Å². The van der Waals surface area contributed by atoms with Gasteiger partial charge in [-0.05, 0) is 55.7 Å². The SMILES string of the molecule is CCc1ccc(C(C)(O)C2=CCCCCC2)cc1. The van der Waals surface area contributed by atoms with Gasteiger partial charge in [0.1, 0.15) is 5.60 Å². The Morgan fingerprint density at radius 2 is 1.83 bits per heavy atom. The van der Waals surface area contributed by atoms with E-state index in [-0.39, 0.29) is 0 Å². The summed E-state index contributed by atoms with van der Waals surface area (Å²) in [6, 6.07) is 8.40. The molecule has 0 heterocycles. The first-order valence-electron chi connectivity index (χ1n) is 7.16. The molecule has 1 atom stereocenters. The summed E-state index contributed by atoms with van der Waals surface area (Å²) in [5.74, 6) is 0. The van der Waals surface area contributed by atoms with E-state index in [9.17, 15) is 5.11 Å². The van der Waals surface area contributed by atoms with E-state index >= 15 is 0 Å². The van der Waals surface area contributed by atoms with Crippen LogP contribution in [0.25, 0.3) is 0 Å². The largest absolute Gasteiger partial charge is 0.381 e. The molecule has 1 aromatic rings. The van der Waals surface area contributed by atoms with Crippen molar-refractivity contribution < 1.29 is 5.11 Å². The highest BCUT2D eigenvalue weighted by Gasteiger charge is 2.27. The van der Waals surface area contributed by atoms with Crippen molar-refractivity contribution in [3.05, 3.63) is 47.0 Å². The molecule has 1 heteroatoms. The molecule has 98 valence electrons. The number of benzene rings is 1. The maximum atomic E-state index is 10.8. The Hall–Kier alpha value is -1.08. The fourth-order valence-electron chi connectivity index (χ4n) is 2.71. The maximum absolute atomic E-state index is 10.8. The number of aryl methyl sites for hydroxylation is 1. The van der Waals surface area contributed by atoms with Gasteiger partial charge in [-0.25, -0.2) is 0 Å². The van der Waals surface area contributed by atoms with Crippen molar-refractivity contribution in [3.8, 4) is 0 Å². The van der Waals surface area contributed by atoms with Gasteiger partial charge in [-0.3, -0.25) is 0 Å². The molecule has 2 rings (SSSR count). The number of aliphatic hydroxyl groups is 1. The monoisotopic (exact) mass is 244 g/mol. The van der Waals surface area contributed by atoms with Gasteiger partial charge in [0.15, 0.2) is 0 Å². The highest BCUT2D eigenvalue weighted by molar-refractivity contribution is 5.34. The third kappa shape index (κ3) is 2.84. The van der Waals surface area contributed by atoms with Gasteiger partial charge in [-0.1, -0.05) is 43.7 Å². The lowest BCUT2D eigenvalue weighted by Crippen LogP contribution is -2.24. The summed E-state index contributed by atoms with van der Waals surface area (Å²) >= 11 is 0. The highest BCUT2D eigenvalue weighted by atomic mass is 16.3. The van der Waals surface area contributed by atoms with Gasteiger partial charge in [-0.2, -0.15) is 0 Å². The molecule has 1 aromatic carbocycles. The van der Waals surface area contributed by atoms with E-state index in [1.54, 1.807) is 0 Å². The van der Waals surface area contributed by atoms with Crippen LogP contribution in [0.5, 0.6) is 0 Å². The predicted molar refractivity (Wildman–Crippen MR) is 76.6 cm³/mol. The summed E-state index contributed by atoms with van der Waals surface area (Å²) in [4.78, 5) is 0. The molecule has 1 N–H and O–H groups in total. The molecule has 1 unspecified atom stereocenters.